The van der Waals surface area contributed by atoms with Gasteiger partial charge < -0.3 is 10.4 Å². The maximum atomic E-state index is 12.3. The van der Waals surface area contributed by atoms with Crippen LogP contribution in [-0.2, 0) is 11.2 Å². The second-order valence-corrected chi connectivity index (χ2v) is 5.31. The third-order valence-corrected chi connectivity index (χ3v) is 3.44. The number of rotatable bonds is 8. The Morgan fingerprint density at radius 3 is 2.48 bits per heavy atom. The van der Waals surface area contributed by atoms with Crippen molar-refractivity contribution in [3.05, 3.63) is 35.4 Å². The van der Waals surface area contributed by atoms with Gasteiger partial charge in [0.2, 0.25) is 0 Å². The maximum absolute atomic E-state index is 12.3. The summed E-state index contributed by atoms with van der Waals surface area (Å²) in [6, 6.07) is 6.05. The van der Waals surface area contributed by atoms with Crippen molar-refractivity contribution in [2.75, 3.05) is 6.54 Å². The predicted molar refractivity (Wildman–Crippen MR) is 79.2 cm³/mol. The van der Waals surface area contributed by atoms with Gasteiger partial charge in [0.1, 0.15) is 0 Å². The number of carbonyl (C=O) groups excluding carboxylic acids is 1. The Hall–Kier alpha value is -2.05. The molecule has 0 aliphatic heterocycles. The van der Waals surface area contributed by atoms with Crippen LogP contribution in [-0.4, -0.2) is 29.7 Å². The fraction of sp³-hybridized carbons (Fsp3) is 0.500. The number of benzene rings is 1. The topological polar surface area (TPSA) is 66.4 Å². The first-order chi connectivity index (χ1) is 10.7. The lowest BCUT2D eigenvalue weighted by Gasteiger charge is -2.14. The molecular weight excluding hydrogens is 311 g/mol. The molecule has 0 aliphatic carbocycles. The normalized spacial score (nSPS) is 12.7. The van der Waals surface area contributed by atoms with Gasteiger partial charge in [-0.05, 0) is 24.5 Å². The number of aryl methyl sites for hydroxylation is 1. The van der Waals surface area contributed by atoms with Crippen LogP contribution in [0.3, 0.4) is 0 Å². The Morgan fingerprint density at radius 2 is 1.91 bits per heavy atom. The molecule has 0 radical (unpaired) electrons. The van der Waals surface area contributed by atoms with Crippen LogP contribution in [0, 0.1) is 5.92 Å². The lowest BCUT2D eigenvalue weighted by molar-refractivity contribution is -0.141. The molecule has 1 unspecified atom stereocenters. The number of carboxylic acids is 1. The molecule has 1 rings (SSSR count). The van der Waals surface area contributed by atoms with E-state index in [1.807, 2.05) is 6.92 Å². The SMILES string of the molecule is CCCC(CNC(=O)c1ccccc1CCC(F)(F)F)C(=O)O. The summed E-state index contributed by atoms with van der Waals surface area (Å²) >= 11 is 0. The van der Waals surface area contributed by atoms with Crippen LogP contribution in [0.1, 0.15) is 42.1 Å². The summed E-state index contributed by atoms with van der Waals surface area (Å²) in [4.78, 5) is 23.2. The summed E-state index contributed by atoms with van der Waals surface area (Å²) in [6.07, 6.45) is -4.51. The highest BCUT2D eigenvalue weighted by atomic mass is 19.4. The number of hydrogen-bond donors (Lipinski definition) is 2. The summed E-state index contributed by atoms with van der Waals surface area (Å²) < 4.78 is 37.0. The standard InChI is InChI=1S/C16H20F3NO3/c1-2-5-12(15(22)23)10-20-14(21)13-7-4-3-6-11(13)8-9-16(17,18)19/h3-4,6-7,12H,2,5,8-10H2,1H3,(H,20,21)(H,22,23). The minimum absolute atomic E-state index is 0.0460. The Kier molecular flexibility index (Phi) is 7.06. The number of carbonyl (C=O) groups is 2. The van der Waals surface area contributed by atoms with E-state index < -0.39 is 30.4 Å². The van der Waals surface area contributed by atoms with Gasteiger partial charge in [0, 0.05) is 18.5 Å². The fourth-order valence-corrected chi connectivity index (χ4v) is 2.21. The first-order valence-electron chi connectivity index (χ1n) is 7.40. The number of carboxylic acid groups (broad SMARTS) is 1. The van der Waals surface area contributed by atoms with Gasteiger partial charge in [-0.3, -0.25) is 9.59 Å². The number of alkyl halides is 3. The van der Waals surface area contributed by atoms with Gasteiger partial charge in [-0.1, -0.05) is 31.5 Å². The molecule has 2 N–H and O–H groups in total. The third-order valence-electron chi connectivity index (χ3n) is 3.44. The van der Waals surface area contributed by atoms with Gasteiger partial charge >= 0.3 is 12.1 Å². The molecule has 23 heavy (non-hydrogen) atoms. The lowest BCUT2D eigenvalue weighted by Crippen LogP contribution is -2.33. The van der Waals surface area contributed by atoms with E-state index in [2.05, 4.69) is 5.32 Å². The van der Waals surface area contributed by atoms with Gasteiger partial charge in [-0.15, -0.1) is 0 Å². The van der Waals surface area contributed by atoms with Gasteiger partial charge in [-0.2, -0.15) is 13.2 Å². The molecule has 128 valence electrons. The van der Waals surface area contributed by atoms with E-state index in [1.54, 1.807) is 12.1 Å². The van der Waals surface area contributed by atoms with Crippen LogP contribution in [0.15, 0.2) is 24.3 Å². The second kappa shape index (κ2) is 8.55. The maximum Gasteiger partial charge on any atom is 0.389 e. The molecule has 0 saturated carbocycles. The van der Waals surface area contributed by atoms with E-state index >= 15 is 0 Å². The molecule has 0 bridgehead atoms. The zero-order valence-corrected chi connectivity index (χ0v) is 12.8. The van der Waals surface area contributed by atoms with E-state index in [1.165, 1.54) is 12.1 Å². The number of halogens is 3. The summed E-state index contributed by atoms with van der Waals surface area (Å²) in [5, 5.41) is 11.5. The van der Waals surface area contributed by atoms with Crippen molar-refractivity contribution in [1.82, 2.24) is 5.32 Å². The van der Waals surface area contributed by atoms with E-state index in [0.29, 0.717) is 18.4 Å². The van der Waals surface area contributed by atoms with Gasteiger partial charge in [-0.25, -0.2) is 0 Å². The number of nitrogens with one attached hydrogen (secondary N) is 1. The molecule has 1 aromatic rings. The smallest absolute Gasteiger partial charge is 0.389 e. The minimum atomic E-state index is -4.29. The first-order valence-corrected chi connectivity index (χ1v) is 7.40. The zero-order valence-electron chi connectivity index (χ0n) is 12.8. The molecule has 7 heteroatoms. The summed E-state index contributed by atoms with van der Waals surface area (Å²) in [5.41, 5.74) is 0.446. The van der Waals surface area contributed by atoms with Crippen LogP contribution in [0.25, 0.3) is 0 Å². The van der Waals surface area contributed by atoms with Crippen molar-refractivity contribution in [2.24, 2.45) is 5.92 Å². The average molecular weight is 331 g/mol. The Bertz CT molecular complexity index is 544. The van der Waals surface area contributed by atoms with Crippen molar-refractivity contribution in [3.63, 3.8) is 0 Å². The highest BCUT2D eigenvalue weighted by molar-refractivity contribution is 5.95. The Morgan fingerprint density at radius 1 is 1.26 bits per heavy atom. The van der Waals surface area contributed by atoms with E-state index in [9.17, 15) is 22.8 Å². The van der Waals surface area contributed by atoms with Crippen LogP contribution in [0.2, 0.25) is 0 Å². The highest BCUT2D eigenvalue weighted by Gasteiger charge is 2.27. The number of aliphatic carboxylic acids is 1. The lowest BCUT2D eigenvalue weighted by atomic mass is 10.0. The molecule has 0 spiro atoms. The van der Waals surface area contributed by atoms with Gasteiger partial charge in [0.15, 0.2) is 0 Å². The van der Waals surface area contributed by atoms with Gasteiger partial charge in [0.05, 0.1) is 5.92 Å². The quantitative estimate of drug-likeness (QED) is 0.767. The molecule has 4 nitrogen and oxygen atoms in total. The van der Waals surface area contributed by atoms with Crippen molar-refractivity contribution >= 4 is 11.9 Å². The molecule has 0 aromatic heterocycles. The van der Waals surface area contributed by atoms with Crippen molar-refractivity contribution in [1.29, 1.82) is 0 Å². The molecule has 1 amide bonds. The monoisotopic (exact) mass is 331 g/mol. The van der Waals surface area contributed by atoms with Crippen LogP contribution in [0.4, 0.5) is 13.2 Å². The highest BCUT2D eigenvalue weighted by Crippen LogP contribution is 2.23. The molecule has 1 aromatic carbocycles. The fourth-order valence-electron chi connectivity index (χ4n) is 2.21. The van der Waals surface area contributed by atoms with Crippen LogP contribution in [0.5, 0.6) is 0 Å². The summed E-state index contributed by atoms with van der Waals surface area (Å²) in [6.45, 7) is 1.79. The third kappa shape index (κ3) is 6.71. The van der Waals surface area contributed by atoms with E-state index in [-0.39, 0.29) is 18.5 Å². The first kappa shape index (κ1) is 19.0. The Balaban J connectivity index is 2.74. The van der Waals surface area contributed by atoms with Crippen molar-refractivity contribution < 1.29 is 27.9 Å². The summed E-state index contributed by atoms with van der Waals surface area (Å²) in [7, 11) is 0. The number of hydrogen-bond acceptors (Lipinski definition) is 2. The minimum Gasteiger partial charge on any atom is -0.481 e. The average Bonchev–Trinajstić information content (AvgIpc) is 2.48. The van der Waals surface area contributed by atoms with Crippen LogP contribution >= 0.6 is 0 Å². The largest absolute Gasteiger partial charge is 0.481 e. The molecule has 0 saturated heterocycles. The van der Waals surface area contributed by atoms with E-state index in [4.69, 9.17) is 5.11 Å². The molecule has 0 fully saturated rings. The van der Waals surface area contributed by atoms with Gasteiger partial charge in [0.25, 0.3) is 5.91 Å². The summed E-state index contributed by atoms with van der Waals surface area (Å²) in [5.74, 6) is -2.26. The molecule has 0 heterocycles. The number of amides is 1. The second-order valence-electron chi connectivity index (χ2n) is 5.31. The van der Waals surface area contributed by atoms with Crippen LogP contribution < -0.4 is 5.32 Å². The van der Waals surface area contributed by atoms with Crippen molar-refractivity contribution in [2.45, 2.75) is 38.8 Å². The van der Waals surface area contributed by atoms with Crippen molar-refractivity contribution in [3.8, 4) is 0 Å². The Labute approximate surface area is 132 Å². The molecule has 0 aliphatic rings. The molecule has 1 atom stereocenters. The van der Waals surface area contributed by atoms with E-state index in [0.717, 1.165) is 0 Å². The zero-order chi connectivity index (χ0) is 17.5. The molecular formula is C16H20F3NO3. The predicted octanol–water partition coefficient (Wildman–Crippen LogP) is 3.41.